The Balaban J connectivity index is 0.00000320. The van der Waals surface area contributed by atoms with E-state index in [1.54, 1.807) is 11.3 Å². The molecule has 1 aromatic carbocycles. The lowest BCUT2D eigenvalue weighted by atomic mass is 10.1. The lowest BCUT2D eigenvalue weighted by Gasteiger charge is -2.22. The molecule has 2 aromatic heterocycles. The molecule has 3 aromatic rings. The number of carbonyl (C=O) groups excluding carboxylic acids is 1. The highest BCUT2D eigenvalue weighted by atomic mass is 35.5. The summed E-state index contributed by atoms with van der Waals surface area (Å²) in [5, 5.41) is 5.29. The highest BCUT2D eigenvalue weighted by Gasteiger charge is 2.26. The number of para-hydroxylation sites is 1. The number of rotatable bonds is 8. The summed E-state index contributed by atoms with van der Waals surface area (Å²) >= 11 is 1.59. The molecule has 30 heavy (non-hydrogen) atoms. The molecule has 2 heterocycles. The number of nitrogens with zero attached hydrogens (tertiary/aromatic N) is 5. The van der Waals surface area contributed by atoms with Gasteiger partial charge in [-0.1, -0.05) is 30.4 Å². The van der Waals surface area contributed by atoms with Gasteiger partial charge in [0.1, 0.15) is 5.69 Å². The van der Waals surface area contributed by atoms with E-state index in [0.29, 0.717) is 12.2 Å². The van der Waals surface area contributed by atoms with Gasteiger partial charge in [0.25, 0.3) is 5.91 Å². The second kappa shape index (κ2) is 10.4. The third-order valence-electron chi connectivity index (χ3n) is 4.90. The molecule has 6 nitrogen and oxygen atoms in total. The van der Waals surface area contributed by atoms with Crippen LogP contribution in [0, 0.1) is 6.92 Å². The van der Waals surface area contributed by atoms with E-state index < -0.39 is 0 Å². The van der Waals surface area contributed by atoms with Crippen molar-refractivity contribution in [2.24, 2.45) is 0 Å². The van der Waals surface area contributed by atoms with Crippen molar-refractivity contribution in [3.8, 4) is 0 Å². The highest BCUT2D eigenvalue weighted by Crippen LogP contribution is 2.32. The van der Waals surface area contributed by atoms with Gasteiger partial charge in [-0.25, -0.2) is 4.98 Å². The first-order valence-electron chi connectivity index (χ1n) is 10.2. The predicted molar refractivity (Wildman–Crippen MR) is 128 cm³/mol. The maximum absolute atomic E-state index is 13.6. The average molecular weight is 450 g/mol. The van der Waals surface area contributed by atoms with Gasteiger partial charge in [-0.05, 0) is 71.9 Å². The van der Waals surface area contributed by atoms with Crippen LogP contribution in [-0.4, -0.2) is 52.8 Å². The smallest absolute Gasteiger partial charge is 0.278 e. The van der Waals surface area contributed by atoms with Crippen molar-refractivity contribution >= 4 is 45.0 Å². The number of aromatic nitrogens is 3. The van der Waals surface area contributed by atoms with Gasteiger partial charge in [-0.15, -0.1) is 12.4 Å². The monoisotopic (exact) mass is 449 g/mol. The van der Waals surface area contributed by atoms with E-state index in [2.05, 4.69) is 49.2 Å². The van der Waals surface area contributed by atoms with Crippen LogP contribution in [0.1, 0.15) is 55.0 Å². The molecule has 8 heteroatoms. The maximum Gasteiger partial charge on any atom is 0.278 e. The molecule has 1 amide bonds. The minimum atomic E-state index is -0.0323. The summed E-state index contributed by atoms with van der Waals surface area (Å²) in [6, 6.07) is 8.26. The van der Waals surface area contributed by atoms with Crippen LogP contribution in [0.4, 0.5) is 5.13 Å². The molecule has 0 aliphatic carbocycles. The van der Waals surface area contributed by atoms with E-state index >= 15 is 0 Å². The largest absolute Gasteiger partial charge is 0.309 e. The van der Waals surface area contributed by atoms with Gasteiger partial charge in [0.2, 0.25) is 0 Å². The van der Waals surface area contributed by atoms with Crippen LogP contribution >= 0.6 is 23.7 Å². The zero-order chi connectivity index (χ0) is 21.1. The third-order valence-corrected chi connectivity index (χ3v) is 5.95. The molecule has 0 atom stereocenters. The molecule has 0 bridgehead atoms. The first kappa shape index (κ1) is 24.3. The van der Waals surface area contributed by atoms with Crippen molar-refractivity contribution < 1.29 is 4.79 Å². The van der Waals surface area contributed by atoms with Crippen LogP contribution in [0.5, 0.6) is 0 Å². The fraction of sp³-hybridized carbons (Fsp3) is 0.500. The van der Waals surface area contributed by atoms with Gasteiger partial charge in [0.15, 0.2) is 5.13 Å². The van der Waals surface area contributed by atoms with Gasteiger partial charge in [0, 0.05) is 12.6 Å². The molecule has 0 saturated carbocycles. The molecule has 0 saturated heterocycles. The predicted octanol–water partition coefficient (Wildman–Crippen LogP) is 4.96. The molecule has 0 spiro atoms. The second-order valence-corrected chi connectivity index (χ2v) is 8.95. The molecule has 0 radical (unpaired) electrons. The standard InChI is InChI=1S/C22H31N5OS.ClH/c1-7-17-10-8-11-19-20(17)23-22(29-19)26(13-9-12-25(5)6)21(28)18-14-16(4)24-27(18)15(2)3;/h8,10-11,14-15H,7,9,12-13H2,1-6H3;1H. The van der Waals surface area contributed by atoms with Crippen LogP contribution < -0.4 is 4.90 Å². The Labute approximate surface area is 189 Å². The van der Waals surface area contributed by atoms with E-state index in [-0.39, 0.29) is 24.4 Å². The minimum Gasteiger partial charge on any atom is -0.309 e. The summed E-state index contributed by atoms with van der Waals surface area (Å²) in [7, 11) is 4.10. The molecule has 0 aliphatic rings. The summed E-state index contributed by atoms with van der Waals surface area (Å²) in [6.45, 7) is 9.70. The molecule has 0 unspecified atom stereocenters. The number of hydrogen-bond acceptors (Lipinski definition) is 5. The van der Waals surface area contributed by atoms with Gasteiger partial charge >= 0.3 is 0 Å². The number of thiazole rings is 1. The number of hydrogen-bond donors (Lipinski definition) is 0. The van der Waals surface area contributed by atoms with Crippen molar-refractivity contribution in [1.29, 1.82) is 0 Å². The Morgan fingerprint density at radius 1 is 1.23 bits per heavy atom. The van der Waals surface area contributed by atoms with Crippen LogP contribution in [0.2, 0.25) is 0 Å². The molecule has 0 N–H and O–H groups in total. The SMILES string of the molecule is CCc1cccc2sc(N(CCCN(C)C)C(=O)c3cc(C)nn3C(C)C)nc12.Cl. The van der Waals surface area contributed by atoms with Crippen molar-refractivity contribution in [3.05, 3.63) is 41.2 Å². The Kier molecular flexibility index (Phi) is 8.41. The Morgan fingerprint density at radius 2 is 1.97 bits per heavy atom. The quantitative estimate of drug-likeness (QED) is 0.487. The topological polar surface area (TPSA) is 54.3 Å². The highest BCUT2D eigenvalue weighted by molar-refractivity contribution is 7.22. The zero-order valence-electron chi connectivity index (χ0n) is 18.7. The first-order valence-corrected chi connectivity index (χ1v) is 11.0. The second-order valence-electron chi connectivity index (χ2n) is 7.94. The molecule has 0 aliphatic heterocycles. The van der Waals surface area contributed by atoms with Gasteiger partial charge in [0.05, 0.1) is 15.9 Å². The summed E-state index contributed by atoms with van der Waals surface area (Å²) in [5.41, 5.74) is 3.70. The van der Waals surface area contributed by atoms with E-state index in [1.807, 2.05) is 36.4 Å². The summed E-state index contributed by atoms with van der Waals surface area (Å²) in [6.07, 6.45) is 1.80. The van der Waals surface area contributed by atoms with E-state index in [1.165, 1.54) is 5.56 Å². The Bertz CT molecular complexity index is 995. The lowest BCUT2D eigenvalue weighted by molar-refractivity contribution is 0.0974. The van der Waals surface area contributed by atoms with Crippen LogP contribution in [0.25, 0.3) is 10.2 Å². The van der Waals surface area contributed by atoms with Crippen LogP contribution in [0.3, 0.4) is 0 Å². The molecule has 0 fully saturated rings. The van der Waals surface area contributed by atoms with Crippen LogP contribution in [-0.2, 0) is 6.42 Å². The number of fused-ring (bicyclic) bond motifs is 1. The summed E-state index contributed by atoms with van der Waals surface area (Å²) < 4.78 is 2.94. The number of carbonyl (C=O) groups is 1. The summed E-state index contributed by atoms with van der Waals surface area (Å²) in [4.78, 5) is 22.5. The number of aryl methyl sites for hydroxylation is 2. The summed E-state index contributed by atoms with van der Waals surface area (Å²) in [5.74, 6) is -0.0323. The lowest BCUT2D eigenvalue weighted by Crippen LogP contribution is -2.35. The van der Waals surface area contributed by atoms with E-state index in [0.717, 1.165) is 40.4 Å². The number of halogens is 1. The average Bonchev–Trinajstić information content (AvgIpc) is 3.27. The Hall–Kier alpha value is -1.96. The maximum atomic E-state index is 13.6. The van der Waals surface area contributed by atoms with Crippen molar-refractivity contribution in [1.82, 2.24) is 19.7 Å². The zero-order valence-corrected chi connectivity index (χ0v) is 20.3. The number of benzene rings is 1. The van der Waals surface area contributed by atoms with Crippen molar-refractivity contribution in [2.45, 2.75) is 46.6 Å². The van der Waals surface area contributed by atoms with Crippen molar-refractivity contribution in [2.75, 3.05) is 32.1 Å². The molecular weight excluding hydrogens is 418 g/mol. The van der Waals surface area contributed by atoms with Gasteiger partial charge in [-0.3, -0.25) is 14.4 Å². The molecule has 164 valence electrons. The van der Waals surface area contributed by atoms with Gasteiger partial charge in [-0.2, -0.15) is 5.10 Å². The molecule has 3 rings (SSSR count). The van der Waals surface area contributed by atoms with Crippen molar-refractivity contribution in [3.63, 3.8) is 0 Å². The third kappa shape index (κ3) is 5.20. The normalized spacial score (nSPS) is 11.3. The van der Waals surface area contributed by atoms with E-state index in [4.69, 9.17) is 4.98 Å². The number of amides is 1. The van der Waals surface area contributed by atoms with Gasteiger partial charge < -0.3 is 4.90 Å². The fourth-order valence-corrected chi connectivity index (χ4v) is 4.47. The molecular formula is C22H32ClN5OS. The minimum absolute atomic E-state index is 0. The number of anilines is 1. The Morgan fingerprint density at radius 3 is 2.60 bits per heavy atom. The van der Waals surface area contributed by atoms with E-state index in [9.17, 15) is 4.79 Å². The van der Waals surface area contributed by atoms with Crippen LogP contribution in [0.15, 0.2) is 24.3 Å². The first-order chi connectivity index (χ1) is 13.8. The fourth-order valence-electron chi connectivity index (χ4n) is 3.43.